The molecule has 0 N–H and O–H groups in total. The van der Waals surface area contributed by atoms with Crippen molar-refractivity contribution in [3.8, 4) is 0 Å². The number of anilines is 1. The molecular formula is C16H8Cl3NO2S. The van der Waals surface area contributed by atoms with Crippen LogP contribution in [-0.2, 0) is 4.79 Å². The number of halogens is 3. The molecule has 0 radical (unpaired) electrons. The zero-order chi connectivity index (χ0) is 16.6. The van der Waals surface area contributed by atoms with Crippen molar-refractivity contribution in [1.29, 1.82) is 0 Å². The minimum Gasteiger partial charge on any atom is -0.268 e. The van der Waals surface area contributed by atoms with E-state index in [9.17, 15) is 9.59 Å². The molecule has 0 saturated carbocycles. The molecule has 7 heteroatoms. The molecule has 2 aromatic carbocycles. The van der Waals surface area contributed by atoms with E-state index in [1.165, 1.54) is 0 Å². The van der Waals surface area contributed by atoms with Crippen LogP contribution in [-0.4, -0.2) is 11.1 Å². The molecule has 2 aromatic rings. The summed E-state index contributed by atoms with van der Waals surface area (Å²) in [5.74, 6) is -0.404. The van der Waals surface area contributed by atoms with Crippen LogP contribution in [0.5, 0.6) is 0 Å². The smallest absolute Gasteiger partial charge is 0.268 e. The quantitative estimate of drug-likeness (QED) is 0.606. The molecule has 3 nitrogen and oxygen atoms in total. The number of thioether (sulfide) groups is 1. The van der Waals surface area contributed by atoms with Crippen molar-refractivity contribution >= 4 is 69.5 Å². The van der Waals surface area contributed by atoms with Crippen molar-refractivity contribution in [2.45, 2.75) is 0 Å². The summed E-state index contributed by atoms with van der Waals surface area (Å²) < 4.78 is 0. The van der Waals surface area contributed by atoms with Gasteiger partial charge in [-0.3, -0.25) is 9.59 Å². The summed E-state index contributed by atoms with van der Waals surface area (Å²) in [4.78, 5) is 26.1. The number of rotatable bonds is 2. The van der Waals surface area contributed by atoms with E-state index >= 15 is 0 Å². The topological polar surface area (TPSA) is 37.4 Å². The molecule has 1 saturated heterocycles. The summed E-state index contributed by atoms with van der Waals surface area (Å²) in [5, 5.41) is 0.883. The molecule has 1 aliphatic heterocycles. The second-order valence-electron chi connectivity index (χ2n) is 4.64. The number of carbonyl (C=O) groups is 2. The number of hydrogen-bond donors (Lipinski definition) is 0. The number of hydrogen-bond acceptors (Lipinski definition) is 3. The Kier molecular flexibility index (Phi) is 4.69. The third-order valence-electron chi connectivity index (χ3n) is 3.15. The molecule has 0 atom stereocenters. The summed E-state index contributed by atoms with van der Waals surface area (Å²) >= 11 is 18.8. The van der Waals surface area contributed by atoms with Crippen molar-refractivity contribution in [2.75, 3.05) is 4.90 Å². The zero-order valence-corrected chi connectivity index (χ0v) is 14.5. The van der Waals surface area contributed by atoms with Crippen LogP contribution in [0.1, 0.15) is 5.56 Å². The molecule has 0 unspecified atom stereocenters. The van der Waals surface area contributed by atoms with Gasteiger partial charge < -0.3 is 0 Å². The van der Waals surface area contributed by atoms with Crippen molar-refractivity contribution in [2.24, 2.45) is 0 Å². The van der Waals surface area contributed by atoms with Gasteiger partial charge in [0.05, 0.1) is 20.6 Å². The van der Waals surface area contributed by atoms with Crippen LogP contribution in [0.4, 0.5) is 10.5 Å². The van der Waals surface area contributed by atoms with Crippen molar-refractivity contribution in [3.05, 3.63) is 68.0 Å². The fraction of sp³-hybridized carbons (Fsp3) is 0. The lowest BCUT2D eigenvalue weighted by atomic mass is 10.2. The Balaban J connectivity index is 1.96. The molecule has 1 aliphatic rings. The van der Waals surface area contributed by atoms with Gasteiger partial charge in [0.15, 0.2) is 0 Å². The van der Waals surface area contributed by atoms with Crippen LogP contribution in [0, 0.1) is 0 Å². The van der Waals surface area contributed by atoms with Crippen LogP contribution in [0.2, 0.25) is 15.1 Å². The van der Waals surface area contributed by atoms with Gasteiger partial charge in [-0.2, -0.15) is 0 Å². The first kappa shape index (κ1) is 16.4. The Labute approximate surface area is 151 Å². The van der Waals surface area contributed by atoms with E-state index in [0.717, 1.165) is 16.7 Å². The minimum absolute atomic E-state index is 0.286. The van der Waals surface area contributed by atoms with Crippen LogP contribution in [0.15, 0.2) is 47.4 Å². The van der Waals surface area contributed by atoms with Gasteiger partial charge in [-0.15, -0.1) is 0 Å². The van der Waals surface area contributed by atoms with E-state index in [4.69, 9.17) is 34.8 Å². The fourth-order valence-electron chi connectivity index (χ4n) is 2.05. The van der Waals surface area contributed by atoms with E-state index in [2.05, 4.69) is 0 Å². The first-order valence-electron chi connectivity index (χ1n) is 6.45. The van der Waals surface area contributed by atoms with Gasteiger partial charge in [-0.25, -0.2) is 4.90 Å². The largest absolute Gasteiger partial charge is 0.298 e. The molecule has 116 valence electrons. The number of amides is 2. The van der Waals surface area contributed by atoms with Gasteiger partial charge in [0.1, 0.15) is 0 Å². The Hall–Kier alpha value is -1.46. The summed E-state index contributed by atoms with van der Waals surface area (Å²) in [6.45, 7) is 0. The van der Waals surface area contributed by atoms with E-state index in [1.807, 2.05) is 0 Å². The molecule has 2 amide bonds. The SMILES string of the molecule is O=C1SC(=Cc2cccc(Cl)c2Cl)C(=O)N1c1ccc(Cl)cc1. The average Bonchev–Trinajstić information content (AvgIpc) is 2.79. The van der Waals surface area contributed by atoms with Gasteiger partial charge >= 0.3 is 0 Å². The van der Waals surface area contributed by atoms with Crippen LogP contribution >= 0.6 is 46.6 Å². The Morgan fingerprint density at radius 3 is 2.35 bits per heavy atom. The third-order valence-corrected chi connectivity index (χ3v) is 5.10. The van der Waals surface area contributed by atoms with Crippen molar-refractivity contribution < 1.29 is 9.59 Å². The maximum atomic E-state index is 12.5. The van der Waals surface area contributed by atoms with Crippen LogP contribution in [0.3, 0.4) is 0 Å². The standard InChI is InChI=1S/C16H8Cl3NO2S/c17-10-4-6-11(7-5-10)20-15(21)13(23-16(20)22)8-9-2-1-3-12(18)14(9)19/h1-8H. The van der Waals surface area contributed by atoms with Gasteiger partial charge in [-0.1, -0.05) is 46.9 Å². The Bertz CT molecular complexity index is 834. The molecule has 3 rings (SSSR count). The summed E-state index contributed by atoms with van der Waals surface area (Å²) in [6.07, 6.45) is 1.56. The van der Waals surface area contributed by atoms with E-state index < -0.39 is 5.91 Å². The normalized spacial score (nSPS) is 16.5. The molecule has 23 heavy (non-hydrogen) atoms. The lowest BCUT2D eigenvalue weighted by molar-refractivity contribution is -0.113. The highest BCUT2D eigenvalue weighted by atomic mass is 35.5. The maximum absolute atomic E-state index is 12.5. The lowest BCUT2D eigenvalue weighted by Crippen LogP contribution is -2.27. The van der Waals surface area contributed by atoms with E-state index in [0.29, 0.717) is 26.3 Å². The lowest BCUT2D eigenvalue weighted by Gasteiger charge is -2.12. The molecule has 0 spiro atoms. The summed E-state index contributed by atoms with van der Waals surface area (Å²) in [7, 11) is 0. The fourth-order valence-corrected chi connectivity index (χ4v) is 3.37. The molecule has 0 aromatic heterocycles. The first-order valence-corrected chi connectivity index (χ1v) is 8.40. The highest BCUT2D eigenvalue weighted by Gasteiger charge is 2.36. The Morgan fingerprint density at radius 1 is 0.957 bits per heavy atom. The highest BCUT2D eigenvalue weighted by molar-refractivity contribution is 8.19. The van der Waals surface area contributed by atoms with Crippen LogP contribution < -0.4 is 4.90 Å². The Morgan fingerprint density at radius 2 is 1.65 bits per heavy atom. The van der Waals surface area contributed by atoms with Crippen molar-refractivity contribution in [1.82, 2.24) is 0 Å². The van der Waals surface area contributed by atoms with Gasteiger partial charge in [-0.05, 0) is 53.7 Å². The highest BCUT2D eigenvalue weighted by Crippen LogP contribution is 2.37. The monoisotopic (exact) mass is 383 g/mol. The van der Waals surface area contributed by atoms with E-state index in [1.54, 1.807) is 48.5 Å². The predicted octanol–water partition coefficient (Wildman–Crippen LogP) is 5.89. The third kappa shape index (κ3) is 3.26. The molecule has 1 fully saturated rings. The van der Waals surface area contributed by atoms with Crippen molar-refractivity contribution in [3.63, 3.8) is 0 Å². The minimum atomic E-state index is -0.404. The van der Waals surface area contributed by atoms with Gasteiger partial charge in [0.2, 0.25) is 0 Å². The first-order chi connectivity index (χ1) is 11.0. The van der Waals surface area contributed by atoms with Gasteiger partial charge in [0.25, 0.3) is 11.1 Å². The second-order valence-corrected chi connectivity index (χ2v) is 6.85. The molecule has 1 heterocycles. The van der Waals surface area contributed by atoms with Crippen LogP contribution in [0.25, 0.3) is 6.08 Å². The zero-order valence-electron chi connectivity index (χ0n) is 11.4. The molecular weight excluding hydrogens is 377 g/mol. The maximum Gasteiger partial charge on any atom is 0.298 e. The predicted molar refractivity (Wildman–Crippen MR) is 96.4 cm³/mol. The summed E-state index contributed by atoms with van der Waals surface area (Å²) in [6, 6.07) is 11.6. The second kappa shape index (κ2) is 6.57. The summed E-state index contributed by atoms with van der Waals surface area (Å²) in [5.41, 5.74) is 1.05. The number of carbonyl (C=O) groups excluding carboxylic acids is 2. The average molecular weight is 385 g/mol. The number of nitrogens with zero attached hydrogens (tertiary/aromatic N) is 1. The number of benzene rings is 2. The molecule has 0 aliphatic carbocycles. The number of imide groups is 1. The van der Waals surface area contributed by atoms with E-state index in [-0.39, 0.29) is 10.1 Å². The molecule has 0 bridgehead atoms. The van der Waals surface area contributed by atoms with Gasteiger partial charge in [0, 0.05) is 5.02 Å².